The van der Waals surface area contributed by atoms with Crippen LogP contribution in [0.1, 0.15) is 51.8 Å². The topological polar surface area (TPSA) is 69.9 Å². The lowest BCUT2D eigenvalue weighted by atomic mass is 9.96. The van der Waals surface area contributed by atoms with Gasteiger partial charge in [0, 0.05) is 15.1 Å². The summed E-state index contributed by atoms with van der Waals surface area (Å²) in [7, 11) is 0. The van der Waals surface area contributed by atoms with Gasteiger partial charge in [-0.1, -0.05) is 51.0 Å². The van der Waals surface area contributed by atoms with E-state index in [1.165, 1.54) is 11.3 Å². The molecule has 1 aliphatic rings. The number of benzene rings is 2. The molecular formula is C27H26BrClN2O4S. The van der Waals surface area contributed by atoms with E-state index >= 15 is 0 Å². The van der Waals surface area contributed by atoms with E-state index in [1.807, 2.05) is 44.2 Å². The highest BCUT2D eigenvalue weighted by atomic mass is 79.9. The molecule has 9 heteroatoms. The van der Waals surface area contributed by atoms with Gasteiger partial charge in [-0.25, -0.2) is 9.79 Å². The summed E-state index contributed by atoms with van der Waals surface area (Å²) in [6, 6.07) is 12.1. The molecule has 36 heavy (non-hydrogen) atoms. The lowest BCUT2D eigenvalue weighted by molar-refractivity contribution is -0.143. The number of aromatic nitrogens is 1. The Labute approximate surface area is 226 Å². The van der Waals surface area contributed by atoms with Gasteiger partial charge in [0.2, 0.25) is 0 Å². The lowest BCUT2D eigenvalue weighted by Gasteiger charge is -2.25. The normalized spacial score (nSPS) is 15.8. The maximum atomic E-state index is 13.8. The average Bonchev–Trinajstić information content (AvgIpc) is 3.09. The van der Waals surface area contributed by atoms with Crippen molar-refractivity contribution in [1.82, 2.24) is 4.57 Å². The van der Waals surface area contributed by atoms with Crippen molar-refractivity contribution in [2.75, 3.05) is 0 Å². The highest BCUT2D eigenvalue weighted by Crippen LogP contribution is 2.32. The van der Waals surface area contributed by atoms with Gasteiger partial charge in [-0.15, -0.1) is 0 Å². The van der Waals surface area contributed by atoms with Crippen molar-refractivity contribution in [3.8, 4) is 5.75 Å². The molecule has 188 valence electrons. The van der Waals surface area contributed by atoms with Crippen LogP contribution in [0.5, 0.6) is 5.75 Å². The molecule has 3 aromatic rings. The average molecular weight is 590 g/mol. The van der Waals surface area contributed by atoms with Crippen molar-refractivity contribution < 1.29 is 14.3 Å². The third kappa shape index (κ3) is 5.51. The molecular weight excluding hydrogens is 564 g/mol. The quantitative estimate of drug-likeness (QED) is 0.362. The van der Waals surface area contributed by atoms with E-state index in [0.717, 1.165) is 15.6 Å². The smallest absolute Gasteiger partial charge is 0.338 e. The Bertz CT molecular complexity index is 1520. The second kappa shape index (κ2) is 10.7. The van der Waals surface area contributed by atoms with Crippen molar-refractivity contribution in [2.45, 2.75) is 52.9 Å². The summed E-state index contributed by atoms with van der Waals surface area (Å²) in [5.41, 5.74) is 2.09. The summed E-state index contributed by atoms with van der Waals surface area (Å²) in [5, 5.41) is 0.561. The van der Waals surface area contributed by atoms with Crippen LogP contribution in [-0.4, -0.2) is 22.7 Å². The van der Waals surface area contributed by atoms with E-state index < -0.39 is 12.0 Å². The second-order valence-electron chi connectivity index (χ2n) is 8.94. The molecule has 0 saturated heterocycles. The third-order valence-corrected chi connectivity index (χ3v) is 7.12. The van der Waals surface area contributed by atoms with Crippen LogP contribution < -0.4 is 19.6 Å². The van der Waals surface area contributed by atoms with Gasteiger partial charge in [0.25, 0.3) is 5.56 Å². The van der Waals surface area contributed by atoms with Crippen molar-refractivity contribution in [1.29, 1.82) is 0 Å². The number of hydrogen-bond donors (Lipinski definition) is 0. The summed E-state index contributed by atoms with van der Waals surface area (Å²) < 4.78 is 14.4. The number of nitrogens with zero attached hydrogens (tertiary/aromatic N) is 2. The highest BCUT2D eigenvalue weighted by Gasteiger charge is 2.33. The van der Waals surface area contributed by atoms with Gasteiger partial charge in [0.15, 0.2) is 4.80 Å². The van der Waals surface area contributed by atoms with E-state index in [9.17, 15) is 9.59 Å². The van der Waals surface area contributed by atoms with Gasteiger partial charge >= 0.3 is 5.97 Å². The number of fused-ring (bicyclic) bond motifs is 1. The Hall–Kier alpha value is -2.68. The Morgan fingerprint density at radius 1 is 1.14 bits per heavy atom. The first-order valence-electron chi connectivity index (χ1n) is 11.5. The Balaban J connectivity index is 1.94. The molecule has 0 amide bonds. The zero-order valence-electron chi connectivity index (χ0n) is 20.5. The molecule has 4 rings (SSSR count). The Morgan fingerprint density at radius 3 is 2.47 bits per heavy atom. The largest absolute Gasteiger partial charge is 0.490 e. The van der Waals surface area contributed by atoms with Crippen molar-refractivity contribution in [2.24, 2.45) is 4.99 Å². The first-order valence-corrected chi connectivity index (χ1v) is 13.5. The molecule has 0 bridgehead atoms. The van der Waals surface area contributed by atoms with Crippen molar-refractivity contribution in [3.63, 3.8) is 0 Å². The summed E-state index contributed by atoms with van der Waals surface area (Å²) in [6.45, 7) is 9.24. The van der Waals surface area contributed by atoms with E-state index in [0.29, 0.717) is 31.4 Å². The Kier molecular flexibility index (Phi) is 7.87. The van der Waals surface area contributed by atoms with Crippen LogP contribution in [0.2, 0.25) is 5.02 Å². The summed E-state index contributed by atoms with van der Waals surface area (Å²) in [6.07, 6.45) is 1.46. The Morgan fingerprint density at radius 2 is 1.83 bits per heavy atom. The second-order valence-corrected chi connectivity index (χ2v) is 11.3. The predicted octanol–water partition coefficient (Wildman–Crippen LogP) is 5.39. The maximum Gasteiger partial charge on any atom is 0.338 e. The highest BCUT2D eigenvalue weighted by molar-refractivity contribution is 9.10. The monoisotopic (exact) mass is 588 g/mol. The van der Waals surface area contributed by atoms with E-state index in [-0.39, 0.29) is 17.8 Å². The van der Waals surface area contributed by atoms with Crippen LogP contribution in [0.15, 0.2) is 68.0 Å². The molecule has 1 unspecified atom stereocenters. The molecule has 0 saturated carbocycles. The number of halogens is 2. The number of rotatable bonds is 6. The first-order chi connectivity index (χ1) is 17.0. The molecule has 1 aromatic heterocycles. The minimum atomic E-state index is -0.694. The van der Waals surface area contributed by atoms with Crippen LogP contribution in [-0.2, 0) is 9.53 Å². The third-order valence-electron chi connectivity index (χ3n) is 5.39. The minimum Gasteiger partial charge on any atom is -0.490 e. The predicted molar refractivity (Wildman–Crippen MR) is 146 cm³/mol. The van der Waals surface area contributed by atoms with Gasteiger partial charge < -0.3 is 9.47 Å². The number of esters is 1. The van der Waals surface area contributed by atoms with Gasteiger partial charge in [-0.05, 0) is 76.6 Å². The van der Waals surface area contributed by atoms with Crippen LogP contribution in [0, 0.1) is 0 Å². The fourth-order valence-corrected chi connectivity index (χ4v) is 5.50. The zero-order valence-corrected chi connectivity index (χ0v) is 23.7. The molecule has 0 radical (unpaired) electrons. The van der Waals surface area contributed by atoms with Crippen molar-refractivity contribution >= 4 is 50.9 Å². The summed E-state index contributed by atoms with van der Waals surface area (Å²) in [5.74, 6) is 0.172. The number of allylic oxidation sites excluding steroid dienone is 1. The molecule has 2 aromatic carbocycles. The molecule has 2 heterocycles. The van der Waals surface area contributed by atoms with Gasteiger partial charge in [-0.3, -0.25) is 9.36 Å². The summed E-state index contributed by atoms with van der Waals surface area (Å²) in [4.78, 5) is 32.1. The van der Waals surface area contributed by atoms with Crippen LogP contribution in [0.4, 0.5) is 0 Å². The molecule has 0 spiro atoms. The SMILES string of the molecule is CC1=C(C(=O)OC(C)C)C(c2ccc(Cl)cc2)n2c(sc(=Cc3cc(Br)ccc3OC(C)C)c2=O)=N1. The molecule has 1 atom stereocenters. The number of thiazole rings is 1. The van der Waals surface area contributed by atoms with Gasteiger partial charge in [0.1, 0.15) is 5.75 Å². The first kappa shape index (κ1) is 26.4. The fraction of sp³-hybridized carbons (Fsp3) is 0.296. The van der Waals surface area contributed by atoms with Crippen LogP contribution >= 0.6 is 38.9 Å². The van der Waals surface area contributed by atoms with E-state index in [2.05, 4.69) is 20.9 Å². The molecule has 0 N–H and O–H groups in total. The minimum absolute atomic E-state index is 0.0263. The maximum absolute atomic E-state index is 13.8. The number of carbonyl (C=O) groups excluding carboxylic acids is 1. The molecule has 0 fully saturated rings. The standard InChI is InChI=1S/C27H26BrClN2O4S/c1-14(2)34-21-11-8-19(28)12-18(21)13-22-25(32)31-24(17-6-9-20(29)10-7-17)23(26(33)35-15(3)4)16(5)30-27(31)36-22/h6-15,24H,1-5H3. The van der Waals surface area contributed by atoms with Crippen molar-refractivity contribution in [3.05, 3.63) is 94.0 Å². The van der Waals surface area contributed by atoms with Crippen LogP contribution in [0.3, 0.4) is 0 Å². The number of hydrogen-bond acceptors (Lipinski definition) is 6. The number of carbonyl (C=O) groups is 1. The van der Waals surface area contributed by atoms with Crippen LogP contribution in [0.25, 0.3) is 6.08 Å². The zero-order chi connectivity index (χ0) is 26.1. The number of ether oxygens (including phenoxy) is 2. The molecule has 6 nitrogen and oxygen atoms in total. The summed E-state index contributed by atoms with van der Waals surface area (Å²) >= 11 is 10.9. The molecule has 1 aliphatic heterocycles. The fourth-order valence-electron chi connectivity index (χ4n) is 3.96. The lowest BCUT2D eigenvalue weighted by Crippen LogP contribution is -2.40. The van der Waals surface area contributed by atoms with Gasteiger partial charge in [-0.2, -0.15) is 0 Å². The van der Waals surface area contributed by atoms with E-state index in [4.69, 9.17) is 21.1 Å². The van der Waals surface area contributed by atoms with E-state index in [1.54, 1.807) is 43.5 Å². The van der Waals surface area contributed by atoms with Gasteiger partial charge in [0.05, 0.1) is 34.1 Å². The molecule has 0 aliphatic carbocycles.